The number of amides is 1. The van der Waals surface area contributed by atoms with Crippen LogP contribution in [0.3, 0.4) is 0 Å². The van der Waals surface area contributed by atoms with E-state index in [2.05, 4.69) is 4.72 Å². The van der Waals surface area contributed by atoms with Crippen molar-refractivity contribution in [3.8, 4) is 0 Å². The fourth-order valence-corrected chi connectivity index (χ4v) is 5.79. The van der Waals surface area contributed by atoms with Crippen LogP contribution in [0, 0.1) is 11.7 Å². The molecule has 0 radical (unpaired) electrons. The van der Waals surface area contributed by atoms with E-state index in [9.17, 15) is 17.6 Å². The van der Waals surface area contributed by atoms with Crippen molar-refractivity contribution in [2.75, 3.05) is 6.54 Å². The largest absolute Gasteiger partial charge is 0.339 e. The summed E-state index contributed by atoms with van der Waals surface area (Å²) < 4.78 is 41.8. The Morgan fingerprint density at radius 3 is 2.54 bits per heavy atom. The Morgan fingerprint density at radius 1 is 1.14 bits per heavy atom. The van der Waals surface area contributed by atoms with Gasteiger partial charge >= 0.3 is 0 Å². The number of sulfonamides is 1. The first-order valence-corrected chi connectivity index (χ1v) is 11.0. The zero-order valence-electron chi connectivity index (χ0n) is 15.0. The summed E-state index contributed by atoms with van der Waals surface area (Å²) in [5.41, 5.74) is 0.207. The van der Waals surface area contributed by atoms with Gasteiger partial charge in [0.25, 0.3) is 0 Å². The Bertz CT molecular complexity index is 980. The molecule has 2 fully saturated rings. The number of halogens is 2. The molecule has 2 aromatic rings. The van der Waals surface area contributed by atoms with Crippen LogP contribution in [0.15, 0.2) is 53.4 Å². The van der Waals surface area contributed by atoms with E-state index in [-0.39, 0.29) is 45.8 Å². The molecule has 8 heteroatoms. The maximum Gasteiger partial charge on any atom is 0.240 e. The minimum absolute atomic E-state index is 0.0356. The Labute approximate surface area is 168 Å². The Balaban J connectivity index is 1.41. The first kappa shape index (κ1) is 19.4. The van der Waals surface area contributed by atoms with E-state index < -0.39 is 15.8 Å². The molecule has 148 valence electrons. The molecule has 2 aliphatic rings. The molecule has 3 unspecified atom stereocenters. The van der Waals surface area contributed by atoms with Crippen LogP contribution in [0.1, 0.15) is 18.4 Å². The zero-order valence-corrected chi connectivity index (χ0v) is 16.6. The van der Waals surface area contributed by atoms with Crippen molar-refractivity contribution in [1.82, 2.24) is 9.62 Å². The second-order valence-corrected chi connectivity index (χ2v) is 9.47. The van der Waals surface area contributed by atoms with E-state index in [1.807, 2.05) is 0 Å². The van der Waals surface area contributed by atoms with E-state index in [1.54, 1.807) is 41.3 Å². The van der Waals surface area contributed by atoms with Crippen LogP contribution in [0.5, 0.6) is 0 Å². The monoisotopic (exact) mass is 422 g/mol. The summed E-state index contributed by atoms with van der Waals surface area (Å²) >= 11 is 6.03. The molecule has 2 bridgehead atoms. The number of piperidine rings is 1. The van der Waals surface area contributed by atoms with Gasteiger partial charge in [-0.1, -0.05) is 35.9 Å². The van der Waals surface area contributed by atoms with Crippen molar-refractivity contribution >= 4 is 27.5 Å². The molecule has 1 aliphatic heterocycles. The number of fused-ring (bicyclic) bond motifs is 2. The second-order valence-electron chi connectivity index (χ2n) is 7.35. The van der Waals surface area contributed by atoms with Gasteiger partial charge in [-0.3, -0.25) is 4.79 Å². The van der Waals surface area contributed by atoms with Gasteiger partial charge in [-0.05, 0) is 43.0 Å². The lowest BCUT2D eigenvalue weighted by atomic mass is 10.0. The fraction of sp³-hybridized carbons (Fsp3) is 0.350. The van der Waals surface area contributed by atoms with Crippen LogP contribution in [0.2, 0.25) is 5.02 Å². The number of nitrogens with zero attached hydrogens (tertiary/aromatic N) is 1. The average molecular weight is 423 g/mol. The number of rotatable bonds is 5. The van der Waals surface area contributed by atoms with Crippen LogP contribution >= 0.6 is 11.6 Å². The Kier molecular flexibility index (Phi) is 5.16. The van der Waals surface area contributed by atoms with Crippen molar-refractivity contribution in [1.29, 1.82) is 0 Å². The van der Waals surface area contributed by atoms with Gasteiger partial charge in [0.2, 0.25) is 15.9 Å². The van der Waals surface area contributed by atoms with Crippen molar-refractivity contribution < 1.29 is 17.6 Å². The summed E-state index contributed by atoms with van der Waals surface area (Å²) in [6.07, 6.45) is 1.22. The zero-order chi connectivity index (χ0) is 19.9. The number of carbonyl (C=O) groups is 1. The number of carbonyl (C=O) groups excluding carboxylic acids is 1. The van der Waals surface area contributed by atoms with Crippen molar-refractivity contribution in [2.24, 2.45) is 5.92 Å². The number of nitrogens with one attached hydrogen (secondary N) is 1. The molecule has 0 spiro atoms. The summed E-state index contributed by atoms with van der Waals surface area (Å²) in [7, 11) is -3.58. The molecular formula is C20H20ClFN2O3S. The van der Waals surface area contributed by atoms with Crippen LogP contribution in [-0.4, -0.2) is 37.9 Å². The number of hydrogen-bond donors (Lipinski definition) is 1. The van der Waals surface area contributed by atoms with E-state index in [0.29, 0.717) is 13.0 Å². The molecule has 1 amide bonds. The van der Waals surface area contributed by atoms with Crippen molar-refractivity contribution in [2.45, 2.75) is 36.2 Å². The maximum absolute atomic E-state index is 14.0. The molecule has 1 aliphatic carbocycles. The highest BCUT2D eigenvalue weighted by molar-refractivity contribution is 7.89. The predicted molar refractivity (Wildman–Crippen MR) is 104 cm³/mol. The summed E-state index contributed by atoms with van der Waals surface area (Å²) in [4.78, 5) is 14.7. The Hall–Kier alpha value is -1.96. The third kappa shape index (κ3) is 3.66. The number of hydrogen-bond acceptors (Lipinski definition) is 3. The third-order valence-corrected chi connectivity index (χ3v) is 7.47. The Morgan fingerprint density at radius 2 is 1.89 bits per heavy atom. The molecule has 28 heavy (non-hydrogen) atoms. The third-order valence-electron chi connectivity index (χ3n) is 5.61. The first-order valence-electron chi connectivity index (χ1n) is 9.15. The molecular weight excluding hydrogens is 403 g/mol. The van der Waals surface area contributed by atoms with Gasteiger partial charge in [-0.2, -0.15) is 0 Å². The lowest BCUT2D eigenvalue weighted by Crippen LogP contribution is -2.48. The maximum atomic E-state index is 14.0. The van der Waals surface area contributed by atoms with E-state index in [4.69, 9.17) is 11.6 Å². The number of likely N-dealkylation sites (tertiary alicyclic amines) is 1. The van der Waals surface area contributed by atoms with Gasteiger partial charge in [0, 0.05) is 29.2 Å². The van der Waals surface area contributed by atoms with Crippen molar-refractivity contribution in [3.05, 3.63) is 64.9 Å². The summed E-state index contributed by atoms with van der Waals surface area (Å²) in [5, 5.41) is 0.242. The SMILES string of the molecule is O=C(Cc1c(F)cccc1Cl)N1CC2CC1CC2NS(=O)(=O)c1ccccc1. The smallest absolute Gasteiger partial charge is 0.240 e. The lowest BCUT2D eigenvalue weighted by Gasteiger charge is -2.32. The van der Waals surface area contributed by atoms with Crippen LogP contribution in [0.25, 0.3) is 0 Å². The van der Waals surface area contributed by atoms with Gasteiger partial charge in [-0.25, -0.2) is 17.5 Å². The van der Waals surface area contributed by atoms with E-state index in [0.717, 1.165) is 6.42 Å². The molecule has 1 heterocycles. The molecule has 1 N–H and O–H groups in total. The second kappa shape index (κ2) is 7.46. The number of benzene rings is 2. The summed E-state index contributed by atoms with van der Waals surface area (Å²) in [5.74, 6) is -0.605. The van der Waals surface area contributed by atoms with Gasteiger partial charge in [0.1, 0.15) is 5.82 Å². The molecule has 2 aromatic carbocycles. The minimum Gasteiger partial charge on any atom is -0.339 e. The van der Waals surface area contributed by atoms with E-state index in [1.165, 1.54) is 12.1 Å². The average Bonchev–Trinajstić information content (AvgIpc) is 3.25. The van der Waals surface area contributed by atoms with Gasteiger partial charge < -0.3 is 4.90 Å². The highest BCUT2D eigenvalue weighted by Gasteiger charge is 2.47. The van der Waals surface area contributed by atoms with Gasteiger partial charge in [-0.15, -0.1) is 0 Å². The van der Waals surface area contributed by atoms with Gasteiger partial charge in [0.15, 0.2) is 0 Å². The lowest BCUT2D eigenvalue weighted by molar-refractivity contribution is -0.132. The summed E-state index contributed by atoms with van der Waals surface area (Å²) in [6, 6.07) is 12.4. The molecule has 4 rings (SSSR count). The quantitative estimate of drug-likeness (QED) is 0.805. The predicted octanol–water partition coefficient (Wildman–Crippen LogP) is 2.99. The van der Waals surface area contributed by atoms with Crippen LogP contribution in [-0.2, 0) is 21.2 Å². The van der Waals surface area contributed by atoms with Crippen LogP contribution < -0.4 is 4.72 Å². The van der Waals surface area contributed by atoms with E-state index >= 15 is 0 Å². The topological polar surface area (TPSA) is 66.5 Å². The standard InChI is InChI=1S/C20H20ClFN2O3S/c21-17-7-4-8-18(22)16(17)11-20(25)24-12-13-9-14(24)10-19(13)23-28(26,27)15-5-2-1-3-6-15/h1-8,13-14,19,23H,9-12H2. The molecule has 1 saturated carbocycles. The molecule has 0 aromatic heterocycles. The van der Waals surface area contributed by atoms with Crippen molar-refractivity contribution in [3.63, 3.8) is 0 Å². The minimum atomic E-state index is -3.58. The normalized spacial score (nSPS) is 23.9. The molecule has 3 atom stereocenters. The first-order chi connectivity index (χ1) is 13.3. The molecule has 5 nitrogen and oxygen atoms in total. The highest BCUT2D eigenvalue weighted by atomic mass is 35.5. The summed E-state index contributed by atoms with van der Waals surface area (Å²) in [6.45, 7) is 0.470. The fourth-order valence-electron chi connectivity index (χ4n) is 4.22. The molecule has 1 saturated heterocycles. The van der Waals surface area contributed by atoms with Gasteiger partial charge in [0.05, 0.1) is 11.3 Å². The van der Waals surface area contributed by atoms with Crippen LogP contribution in [0.4, 0.5) is 4.39 Å². The highest BCUT2D eigenvalue weighted by Crippen LogP contribution is 2.39.